The molecule has 92 heavy (non-hydrogen) atoms. The molecule has 2 aromatic carbocycles. The Kier molecular flexibility index (Phi) is 19.5. The van der Waals surface area contributed by atoms with Crippen LogP contribution in [0.25, 0.3) is 22.3 Å². The molecule has 0 radical (unpaired) electrons. The van der Waals surface area contributed by atoms with Crippen LogP contribution < -0.4 is 37.5 Å². The normalized spacial score (nSPS) is 18.2. The van der Waals surface area contributed by atoms with Crippen molar-refractivity contribution in [3.63, 3.8) is 0 Å². The smallest absolute Gasteiger partial charge is 0.410 e. The average molecular weight is 1280 g/mol. The predicted molar refractivity (Wildman–Crippen MR) is 323 cm³/mol. The molecule has 0 bridgehead atoms. The molecule has 1 saturated carbocycles. The molecular weight excluding hydrogens is 1200 g/mol. The molecule has 2 aromatic heterocycles. The summed E-state index contributed by atoms with van der Waals surface area (Å²) in [7, 11) is 0. The third-order valence-electron chi connectivity index (χ3n) is 16.7. The van der Waals surface area contributed by atoms with Crippen LogP contribution in [0.1, 0.15) is 126 Å². The zero-order chi connectivity index (χ0) is 66.8. The van der Waals surface area contributed by atoms with Gasteiger partial charge in [0.05, 0.1) is 73.3 Å². The molecule has 0 unspecified atom stereocenters. The fourth-order valence-electron chi connectivity index (χ4n) is 11.9. The summed E-state index contributed by atoms with van der Waals surface area (Å²) in [5, 5.41) is 27.6. The molecule has 490 valence electrons. The highest BCUT2D eigenvalue weighted by atomic mass is 19.1. The molecular formula is C64H75FN10O17. The van der Waals surface area contributed by atoms with E-state index in [4.69, 9.17) is 23.9 Å². The van der Waals surface area contributed by atoms with E-state index in [9.17, 15) is 62.6 Å². The first-order valence-electron chi connectivity index (χ1n) is 30.3. The van der Waals surface area contributed by atoms with E-state index < -0.39 is 144 Å². The van der Waals surface area contributed by atoms with Gasteiger partial charge in [0.1, 0.15) is 49.0 Å². The van der Waals surface area contributed by atoms with E-state index in [0.29, 0.717) is 81.5 Å². The van der Waals surface area contributed by atoms with Gasteiger partial charge < -0.3 is 60.5 Å². The van der Waals surface area contributed by atoms with Crippen molar-refractivity contribution in [3.8, 4) is 11.4 Å². The van der Waals surface area contributed by atoms with Crippen LogP contribution in [0.2, 0.25) is 0 Å². The summed E-state index contributed by atoms with van der Waals surface area (Å²) in [6, 6.07) is 7.84. The van der Waals surface area contributed by atoms with Gasteiger partial charge in [0.2, 0.25) is 35.4 Å². The van der Waals surface area contributed by atoms with Crippen molar-refractivity contribution in [2.45, 2.75) is 148 Å². The molecule has 28 heteroatoms. The Labute approximate surface area is 527 Å². The zero-order valence-corrected chi connectivity index (χ0v) is 52.4. The summed E-state index contributed by atoms with van der Waals surface area (Å²) < 4.78 is 39.0. The number of aryl methyl sites for hydroxylation is 1. The Morgan fingerprint density at radius 2 is 1.49 bits per heavy atom. The van der Waals surface area contributed by atoms with Crippen LogP contribution in [-0.2, 0) is 98.5 Å². The number of hydrogen-bond acceptors (Lipinski definition) is 18. The maximum atomic E-state index is 15.6. The van der Waals surface area contributed by atoms with Gasteiger partial charge in [-0.15, -0.1) is 0 Å². The van der Waals surface area contributed by atoms with Crippen LogP contribution in [0.3, 0.4) is 0 Å². The van der Waals surface area contributed by atoms with Gasteiger partial charge in [0.15, 0.2) is 5.60 Å². The first-order chi connectivity index (χ1) is 43.4. The van der Waals surface area contributed by atoms with Gasteiger partial charge >= 0.3 is 18.0 Å². The number of ether oxygens (including phenoxy) is 4. The molecule has 2 aliphatic carbocycles. The molecule has 3 aliphatic heterocycles. The minimum Gasteiger partial charge on any atom is -0.459 e. The van der Waals surface area contributed by atoms with Crippen LogP contribution >= 0.6 is 0 Å². The van der Waals surface area contributed by atoms with Crippen molar-refractivity contribution < 1.29 is 81.2 Å². The van der Waals surface area contributed by atoms with Gasteiger partial charge in [-0.05, 0) is 109 Å². The van der Waals surface area contributed by atoms with Crippen molar-refractivity contribution in [1.29, 1.82) is 0 Å². The van der Waals surface area contributed by atoms with Crippen LogP contribution in [0, 0.1) is 18.2 Å². The molecule has 5 heterocycles. The molecule has 27 nitrogen and oxygen atoms in total. The standard InChI is InChI=1S/C64H75FN10O17/c1-9-64(88)39-23-44-54-37(28-74(44)57(84)38(39)31-90-59(64)86)53-41(17-16-36-34(2)40(65)24-42(71-54)52(36)53)72-58(85)63(20-13-21-63)32-89-33-69-47(77)26-67-55(82)43(22-35-14-11-10-12-15-35)70-48(78)27-66-46(76)25-68-56(83)45(75-49(79)18-19-50(75)80)29-73(60(87)92-62(6,7)8)30-51(81)91-61(3,4)5/h10-12,14-15,18-19,23-24,41,43,45,88H,9,13,16-17,20-22,25-33H2,1-8H3,(H,66,76)(H,67,82)(H,68,83)(H,69,77)(H,70,78)(H,72,85)/t41-,43+,45+,64+/m1/s1. The van der Waals surface area contributed by atoms with E-state index in [-0.39, 0.29) is 56.4 Å². The first kappa shape index (κ1) is 67.0. The number of imide groups is 1. The summed E-state index contributed by atoms with van der Waals surface area (Å²) in [6.45, 7) is 8.47. The third kappa shape index (κ3) is 14.5. The lowest BCUT2D eigenvalue weighted by atomic mass is 9.68. The SMILES string of the molecule is CC[C@@]1(O)C(=O)OCc2c1cc1n(c2=O)Cc2c-1nc1cc(F)c(C)c3c1c2[C@H](NC(=O)C1(COCNC(=O)CNC(=O)[C@H](Cc2ccccc2)NC(=O)CNC(=O)CNC(=O)[C@H](CN(CC(=O)OC(C)(C)C)C(=O)OC(C)(C)C)N2C(=O)C=CC2=O)CCC1)CC3. The second kappa shape index (κ2) is 26.8. The number of pyridine rings is 2. The Hall–Kier alpha value is -9.44. The van der Waals surface area contributed by atoms with Crippen LogP contribution in [0.5, 0.6) is 0 Å². The molecule has 1 fully saturated rings. The number of carbonyl (C=O) groups is 11. The molecule has 0 saturated heterocycles. The van der Waals surface area contributed by atoms with Crippen LogP contribution in [0.15, 0.2) is 59.4 Å². The Bertz CT molecular complexity index is 3780. The highest BCUT2D eigenvalue weighted by Crippen LogP contribution is 2.48. The van der Waals surface area contributed by atoms with Crippen molar-refractivity contribution in [2.75, 3.05) is 46.1 Å². The number of halogens is 1. The maximum absolute atomic E-state index is 15.6. The summed E-state index contributed by atoms with van der Waals surface area (Å²) >= 11 is 0. The fraction of sp³-hybridized carbons (Fsp3) is 0.484. The van der Waals surface area contributed by atoms with Gasteiger partial charge in [-0.2, -0.15) is 0 Å². The second-order valence-electron chi connectivity index (χ2n) is 25.5. The lowest BCUT2D eigenvalue weighted by molar-refractivity contribution is -0.172. The molecule has 9 rings (SSSR count). The Morgan fingerprint density at radius 3 is 2.13 bits per heavy atom. The molecule has 4 atom stereocenters. The number of carbonyl (C=O) groups excluding carboxylic acids is 11. The monoisotopic (exact) mass is 1270 g/mol. The first-order valence-corrected chi connectivity index (χ1v) is 30.3. The molecule has 4 aromatic rings. The number of fused-ring (bicyclic) bond motifs is 5. The zero-order valence-electron chi connectivity index (χ0n) is 52.4. The number of aliphatic hydroxyl groups is 1. The quantitative estimate of drug-likeness (QED) is 0.0161. The van der Waals surface area contributed by atoms with Crippen molar-refractivity contribution in [3.05, 3.63) is 110 Å². The minimum atomic E-state index is -2.07. The number of nitrogens with zero attached hydrogens (tertiary/aromatic N) is 4. The summed E-state index contributed by atoms with van der Waals surface area (Å²) in [5.74, 6) is -8.68. The second-order valence-corrected chi connectivity index (χ2v) is 25.5. The number of aromatic nitrogens is 2. The Balaban J connectivity index is 0.785. The number of hydrogen-bond donors (Lipinski definition) is 7. The number of esters is 2. The number of amides is 9. The largest absolute Gasteiger partial charge is 0.459 e. The predicted octanol–water partition coefficient (Wildman–Crippen LogP) is 1.84. The number of cyclic esters (lactones) is 1. The highest BCUT2D eigenvalue weighted by molar-refractivity contribution is 6.15. The summed E-state index contributed by atoms with van der Waals surface area (Å²) in [5.41, 5.74) is -1.15. The van der Waals surface area contributed by atoms with Gasteiger partial charge in [-0.3, -0.25) is 57.7 Å². The number of rotatable bonds is 23. The molecule has 7 N–H and O–H groups in total. The summed E-state index contributed by atoms with van der Waals surface area (Å²) in [6.07, 6.45) is 3.06. The number of nitrogens with one attached hydrogen (secondary N) is 6. The van der Waals surface area contributed by atoms with Crippen molar-refractivity contribution in [1.82, 2.24) is 51.3 Å². The summed E-state index contributed by atoms with van der Waals surface area (Å²) in [4.78, 5) is 167. The lowest BCUT2D eigenvalue weighted by Crippen LogP contribution is -2.57. The van der Waals surface area contributed by atoms with Gasteiger partial charge in [0, 0.05) is 41.2 Å². The average Bonchev–Trinajstić information content (AvgIpc) is 1.46. The fourth-order valence-corrected chi connectivity index (χ4v) is 11.9. The van der Waals surface area contributed by atoms with Gasteiger partial charge in [-0.25, -0.2) is 19.0 Å². The maximum Gasteiger partial charge on any atom is 0.410 e. The van der Waals surface area contributed by atoms with Crippen molar-refractivity contribution >= 4 is 76.2 Å². The van der Waals surface area contributed by atoms with Gasteiger partial charge in [-0.1, -0.05) is 43.7 Å². The van der Waals surface area contributed by atoms with Gasteiger partial charge in [0.25, 0.3) is 17.4 Å². The third-order valence-corrected chi connectivity index (χ3v) is 16.7. The molecule has 9 amide bonds. The van der Waals surface area contributed by atoms with E-state index in [2.05, 4.69) is 31.9 Å². The minimum absolute atomic E-state index is 0.0472. The lowest BCUT2D eigenvalue weighted by Gasteiger charge is -2.41. The highest BCUT2D eigenvalue weighted by Gasteiger charge is 2.48. The van der Waals surface area contributed by atoms with E-state index in [0.717, 1.165) is 22.6 Å². The van der Waals surface area contributed by atoms with E-state index in [1.807, 2.05) is 0 Å². The molecule has 0 spiro atoms. The van der Waals surface area contributed by atoms with Crippen LogP contribution in [-0.4, -0.2) is 159 Å². The van der Waals surface area contributed by atoms with Crippen LogP contribution in [0.4, 0.5) is 9.18 Å². The van der Waals surface area contributed by atoms with Crippen molar-refractivity contribution in [2.24, 2.45) is 5.41 Å². The Morgan fingerprint density at radius 1 is 0.837 bits per heavy atom. The topological polar surface area (TPSA) is 358 Å². The molecule has 5 aliphatic rings. The van der Waals surface area contributed by atoms with E-state index in [1.165, 1.54) is 10.6 Å². The van der Waals surface area contributed by atoms with E-state index in [1.54, 1.807) is 91.8 Å². The number of benzene rings is 2. The van der Waals surface area contributed by atoms with E-state index >= 15 is 4.39 Å².